The number of benzene rings is 2. The third-order valence-electron chi connectivity index (χ3n) is 6.09. The number of carbonyl (C=O) groups excluding carboxylic acids is 1. The van der Waals surface area contributed by atoms with E-state index in [1.54, 1.807) is 20.3 Å². The molecule has 1 aromatic heterocycles. The first-order valence-corrected chi connectivity index (χ1v) is 11.1. The predicted octanol–water partition coefficient (Wildman–Crippen LogP) is 4.25. The van der Waals surface area contributed by atoms with Crippen molar-refractivity contribution < 1.29 is 14.3 Å². The van der Waals surface area contributed by atoms with Crippen molar-refractivity contribution in [1.82, 2.24) is 14.9 Å². The molecule has 2 heterocycles. The number of amides is 1. The number of ether oxygens (including phenoxy) is 2. The van der Waals surface area contributed by atoms with E-state index in [2.05, 4.69) is 4.98 Å². The summed E-state index contributed by atoms with van der Waals surface area (Å²) >= 11 is 0. The third kappa shape index (κ3) is 4.92. The molecule has 0 radical (unpaired) electrons. The number of likely N-dealkylation sites (tertiary alicyclic amines) is 1. The van der Waals surface area contributed by atoms with Crippen molar-refractivity contribution in [2.45, 2.75) is 18.8 Å². The molecule has 1 aliphatic rings. The largest absolute Gasteiger partial charge is 0.497 e. The summed E-state index contributed by atoms with van der Waals surface area (Å²) in [7, 11) is 7.17. The Hall–Kier alpha value is -3.61. The number of carbonyl (C=O) groups is 1. The van der Waals surface area contributed by atoms with Crippen LogP contribution in [0.3, 0.4) is 0 Å². The highest BCUT2D eigenvalue weighted by atomic mass is 16.5. The molecule has 0 spiro atoms. The van der Waals surface area contributed by atoms with E-state index in [-0.39, 0.29) is 11.8 Å². The molecule has 2 aromatic carbocycles. The van der Waals surface area contributed by atoms with Gasteiger partial charge in [0.2, 0.25) is 5.95 Å². The average molecular weight is 447 g/mol. The average Bonchev–Trinajstić information content (AvgIpc) is 2.88. The fraction of sp³-hybridized carbons (Fsp3) is 0.346. The maximum Gasteiger partial charge on any atom is 0.253 e. The minimum atomic E-state index is 0.0411. The Morgan fingerprint density at radius 3 is 2.33 bits per heavy atom. The van der Waals surface area contributed by atoms with E-state index in [4.69, 9.17) is 14.5 Å². The van der Waals surface area contributed by atoms with E-state index in [1.165, 1.54) is 0 Å². The molecule has 0 unspecified atom stereocenters. The molecule has 0 saturated carbocycles. The Balaban J connectivity index is 1.56. The van der Waals surface area contributed by atoms with Crippen LogP contribution < -0.4 is 14.4 Å². The normalized spacial score (nSPS) is 14.1. The molecule has 0 N–H and O–H groups in total. The fourth-order valence-corrected chi connectivity index (χ4v) is 4.20. The van der Waals surface area contributed by atoms with Gasteiger partial charge in [-0.2, -0.15) is 0 Å². The molecular formula is C26H30N4O3. The monoisotopic (exact) mass is 446 g/mol. The first kappa shape index (κ1) is 22.6. The zero-order chi connectivity index (χ0) is 23.4. The van der Waals surface area contributed by atoms with Crippen molar-refractivity contribution in [3.05, 3.63) is 66.0 Å². The summed E-state index contributed by atoms with van der Waals surface area (Å²) in [4.78, 5) is 26.4. The SMILES string of the molecule is COc1ccc(-c2cnc(N(C)C)nc2C2CCN(C(=O)c3cccc(OC)c3)CC2)cc1. The quantitative estimate of drug-likeness (QED) is 0.564. The zero-order valence-electron chi connectivity index (χ0n) is 19.6. The topological polar surface area (TPSA) is 67.8 Å². The molecule has 7 nitrogen and oxygen atoms in total. The minimum absolute atomic E-state index is 0.0411. The number of hydrogen-bond acceptors (Lipinski definition) is 6. The van der Waals surface area contributed by atoms with Gasteiger partial charge in [-0.05, 0) is 48.7 Å². The maximum atomic E-state index is 13.0. The Labute approximate surface area is 195 Å². The van der Waals surface area contributed by atoms with Crippen molar-refractivity contribution in [2.24, 2.45) is 0 Å². The number of nitrogens with zero attached hydrogens (tertiary/aromatic N) is 4. The van der Waals surface area contributed by atoms with Gasteiger partial charge in [0.15, 0.2) is 0 Å². The Kier molecular flexibility index (Phi) is 6.77. The second-order valence-corrected chi connectivity index (χ2v) is 8.39. The molecule has 1 fully saturated rings. The zero-order valence-corrected chi connectivity index (χ0v) is 19.6. The van der Waals surface area contributed by atoms with E-state index in [0.717, 1.165) is 35.4 Å². The molecule has 1 aliphatic heterocycles. The maximum absolute atomic E-state index is 13.0. The van der Waals surface area contributed by atoms with Crippen LogP contribution >= 0.6 is 0 Å². The van der Waals surface area contributed by atoms with E-state index in [1.807, 2.05) is 72.6 Å². The molecule has 4 rings (SSSR count). The van der Waals surface area contributed by atoms with Crippen LogP contribution in [0.2, 0.25) is 0 Å². The highest BCUT2D eigenvalue weighted by Gasteiger charge is 2.28. The van der Waals surface area contributed by atoms with Crippen LogP contribution in [0.4, 0.5) is 5.95 Å². The highest BCUT2D eigenvalue weighted by Crippen LogP contribution is 2.35. The Morgan fingerprint density at radius 2 is 1.70 bits per heavy atom. The standard InChI is InChI=1S/C26H30N4O3/c1-29(2)26-27-17-23(18-8-10-21(32-3)11-9-18)24(28-26)19-12-14-30(15-13-19)25(31)20-6-5-7-22(16-20)33-4/h5-11,16-17,19H,12-15H2,1-4H3. The highest BCUT2D eigenvalue weighted by molar-refractivity contribution is 5.94. The van der Waals surface area contributed by atoms with Gasteiger partial charge in [0, 0.05) is 50.4 Å². The van der Waals surface area contributed by atoms with Gasteiger partial charge < -0.3 is 19.3 Å². The summed E-state index contributed by atoms with van der Waals surface area (Å²) in [6.45, 7) is 1.37. The smallest absolute Gasteiger partial charge is 0.253 e. The van der Waals surface area contributed by atoms with Gasteiger partial charge >= 0.3 is 0 Å². The van der Waals surface area contributed by atoms with E-state index in [0.29, 0.717) is 30.4 Å². The van der Waals surface area contributed by atoms with Crippen LogP contribution in [0.1, 0.15) is 34.8 Å². The van der Waals surface area contributed by atoms with Crippen molar-refractivity contribution >= 4 is 11.9 Å². The van der Waals surface area contributed by atoms with Crippen molar-refractivity contribution in [2.75, 3.05) is 46.3 Å². The summed E-state index contributed by atoms with van der Waals surface area (Å²) in [6, 6.07) is 15.3. The molecule has 1 amide bonds. The molecule has 3 aromatic rings. The summed E-state index contributed by atoms with van der Waals surface area (Å²) in [5.41, 5.74) is 3.78. The number of piperidine rings is 1. The lowest BCUT2D eigenvalue weighted by Gasteiger charge is -2.33. The van der Waals surface area contributed by atoms with Crippen molar-refractivity contribution in [1.29, 1.82) is 0 Å². The van der Waals surface area contributed by atoms with E-state index in [9.17, 15) is 4.79 Å². The first-order chi connectivity index (χ1) is 16.0. The van der Waals surface area contributed by atoms with Gasteiger partial charge in [0.1, 0.15) is 11.5 Å². The van der Waals surface area contributed by atoms with Crippen molar-refractivity contribution in [3.8, 4) is 22.6 Å². The lowest BCUT2D eigenvalue weighted by Crippen LogP contribution is -2.38. The van der Waals surface area contributed by atoms with Gasteiger partial charge in [0.05, 0.1) is 19.9 Å². The van der Waals surface area contributed by atoms with Gasteiger partial charge in [-0.15, -0.1) is 0 Å². The minimum Gasteiger partial charge on any atom is -0.497 e. The van der Waals surface area contributed by atoms with Gasteiger partial charge in [-0.25, -0.2) is 9.97 Å². The lowest BCUT2D eigenvalue weighted by molar-refractivity contribution is 0.0712. The summed E-state index contributed by atoms with van der Waals surface area (Å²) in [5, 5.41) is 0. The van der Waals surface area contributed by atoms with Gasteiger partial charge in [-0.3, -0.25) is 4.79 Å². The third-order valence-corrected chi connectivity index (χ3v) is 6.09. The molecule has 7 heteroatoms. The number of aromatic nitrogens is 2. The first-order valence-electron chi connectivity index (χ1n) is 11.1. The molecule has 1 saturated heterocycles. The molecule has 0 bridgehead atoms. The lowest BCUT2D eigenvalue weighted by atomic mass is 9.88. The Bertz CT molecular complexity index is 1110. The number of anilines is 1. The molecule has 0 atom stereocenters. The predicted molar refractivity (Wildman–Crippen MR) is 129 cm³/mol. The second kappa shape index (κ2) is 9.90. The van der Waals surface area contributed by atoms with Crippen LogP contribution in [0.5, 0.6) is 11.5 Å². The van der Waals surface area contributed by atoms with Crippen LogP contribution in [-0.2, 0) is 0 Å². The van der Waals surface area contributed by atoms with Crippen LogP contribution in [0.25, 0.3) is 11.1 Å². The summed E-state index contributed by atoms with van der Waals surface area (Å²) in [5.74, 6) is 2.49. The molecular weight excluding hydrogens is 416 g/mol. The van der Waals surface area contributed by atoms with Crippen molar-refractivity contribution in [3.63, 3.8) is 0 Å². The molecule has 33 heavy (non-hydrogen) atoms. The van der Waals surface area contributed by atoms with Gasteiger partial charge in [0.25, 0.3) is 5.91 Å². The fourth-order valence-electron chi connectivity index (χ4n) is 4.20. The number of rotatable bonds is 6. The van der Waals surface area contributed by atoms with E-state index >= 15 is 0 Å². The van der Waals surface area contributed by atoms with Crippen LogP contribution in [-0.4, -0.2) is 62.2 Å². The van der Waals surface area contributed by atoms with Crippen LogP contribution in [0, 0.1) is 0 Å². The summed E-state index contributed by atoms with van der Waals surface area (Å²) in [6.07, 6.45) is 3.61. The molecule has 172 valence electrons. The number of methoxy groups -OCH3 is 2. The second-order valence-electron chi connectivity index (χ2n) is 8.39. The van der Waals surface area contributed by atoms with E-state index < -0.39 is 0 Å². The number of hydrogen-bond donors (Lipinski definition) is 0. The van der Waals surface area contributed by atoms with Gasteiger partial charge in [-0.1, -0.05) is 18.2 Å². The Morgan fingerprint density at radius 1 is 1.00 bits per heavy atom. The molecule has 0 aliphatic carbocycles. The van der Waals surface area contributed by atoms with Crippen LogP contribution in [0.15, 0.2) is 54.7 Å². The summed E-state index contributed by atoms with van der Waals surface area (Å²) < 4.78 is 10.6.